The maximum absolute atomic E-state index is 13.3. The van der Waals surface area contributed by atoms with Crippen molar-refractivity contribution in [2.45, 2.75) is 38.7 Å². The van der Waals surface area contributed by atoms with Gasteiger partial charge in [-0.2, -0.15) is 0 Å². The van der Waals surface area contributed by atoms with Crippen LogP contribution in [0.15, 0.2) is 65.7 Å². The standard InChI is InChI=1S/C31H35NO5/c1-3-15-32-30(34)25-17-23(18-36-2)28-26(29(25)31(32)35)19-37-27(28)14-11-22(21-7-5-4-6-8-21)16-20-9-12-24(33)13-10-20/h4-10,12-13,16,25-27,29,33H,3,11,14-15,17-19H2,1-2H3/b22-16-/t25-,26+,27-,29-/m1/s1. The molecule has 37 heavy (non-hydrogen) atoms. The smallest absolute Gasteiger partial charge is 0.233 e. The molecule has 6 nitrogen and oxygen atoms in total. The van der Waals surface area contributed by atoms with Gasteiger partial charge < -0.3 is 14.6 Å². The number of nitrogens with zero attached hydrogens (tertiary/aromatic N) is 1. The number of amides is 2. The molecular weight excluding hydrogens is 466 g/mol. The number of phenols is 1. The Balaban J connectivity index is 1.41. The number of hydrogen-bond acceptors (Lipinski definition) is 5. The highest BCUT2D eigenvalue weighted by atomic mass is 16.5. The first-order chi connectivity index (χ1) is 18.0. The van der Waals surface area contributed by atoms with E-state index in [2.05, 4.69) is 18.2 Å². The maximum atomic E-state index is 13.3. The van der Waals surface area contributed by atoms with Crippen LogP contribution >= 0.6 is 0 Å². The van der Waals surface area contributed by atoms with Gasteiger partial charge in [0.15, 0.2) is 0 Å². The second-order valence-electron chi connectivity index (χ2n) is 10.3. The highest BCUT2D eigenvalue weighted by Gasteiger charge is 2.56. The fraction of sp³-hybridized carbons (Fsp3) is 0.419. The molecule has 4 atom stereocenters. The minimum absolute atomic E-state index is 0.0303. The third-order valence-electron chi connectivity index (χ3n) is 7.92. The van der Waals surface area contributed by atoms with Crippen molar-refractivity contribution in [1.29, 1.82) is 0 Å². The van der Waals surface area contributed by atoms with E-state index < -0.39 is 0 Å². The Bertz CT molecular complexity index is 1200. The van der Waals surface area contributed by atoms with Gasteiger partial charge in [-0.25, -0.2) is 0 Å². The number of imide groups is 1. The molecule has 2 heterocycles. The lowest BCUT2D eigenvalue weighted by molar-refractivity contribution is -0.140. The van der Waals surface area contributed by atoms with Crippen LogP contribution in [-0.2, 0) is 19.1 Å². The molecule has 2 aromatic rings. The molecule has 3 aliphatic rings. The summed E-state index contributed by atoms with van der Waals surface area (Å²) >= 11 is 0. The van der Waals surface area contributed by atoms with Crippen molar-refractivity contribution in [3.05, 3.63) is 76.9 Å². The van der Waals surface area contributed by atoms with E-state index in [4.69, 9.17) is 9.47 Å². The number of benzene rings is 2. The summed E-state index contributed by atoms with van der Waals surface area (Å²) in [5.74, 6) is -0.494. The molecule has 0 radical (unpaired) electrons. The van der Waals surface area contributed by atoms with Gasteiger partial charge in [0.25, 0.3) is 0 Å². The number of likely N-dealkylation sites (tertiary alicyclic amines) is 1. The van der Waals surface area contributed by atoms with Crippen molar-refractivity contribution in [3.63, 3.8) is 0 Å². The molecule has 1 N–H and O–H groups in total. The van der Waals surface area contributed by atoms with Gasteiger partial charge in [0.05, 0.1) is 31.2 Å². The second kappa shape index (κ2) is 11.0. The molecule has 194 valence electrons. The molecule has 2 aromatic carbocycles. The van der Waals surface area contributed by atoms with E-state index in [1.54, 1.807) is 19.2 Å². The fourth-order valence-corrected chi connectivity index (χ4v) is 6.30. The van der Waals surface area contributed by atoms with Crippen molar-refractivity contribution in [2.24, 2.45) is 17.8 Å². The zero-order valence-corrected chi connectivity index (χ0v) is 21.6. The van der Waals surface area contributed by atoms with Gasteiger partial charge in [-0.15, -0.1) is 0 Å². The maximum Gasteiger partial charge on any atom is 0.233 e. The van der Waals surface area contributed by atoms with Gasteiger partial charge in [0, 0.05) is 19.6 Å². The molecule has 2 fully saturated rings. The monoisotopic (exact) mass is 501 g/mol. The Labute approximate surface area is 218 Å². The summed E-state index contributed by atoms with van der Waals surface area (Å²) in [6.45, 7) is 3.40. The normalized spacial score (nSPS) is 25.6. The molecule has 5 rings (SSSR count). The van der Waals surface area contributed by atoms with Gasteiger partial charge in [-0.05, 0) is 65.7 Å². The molecular formula is C31H35NO5. The molecule has 2 saturated heterocycles. The van der Waals surface area contributed by atoms with Gasteiger partial charge in [0.2, 0.25) is 11.8 Å². The lowest BCUT2D eigenvalue weighted by atomic mass is 9.69. The Morgan fingerprint density at radius 2 is 1.84 bits per heavy atom. The van der Waals surface area contributed by atoms with Crippen molar-refractivity contribution in [3.8, 4) is 5.75 Å². The summed E-state index contributed by atoms with van der Waals surface area (Å²) in [5.41, 5.74) is 5.65. The van der Waals surface area contributed by atoms with Crippen LogP contribution in [0.5, 0.6) is 5.75 Å². The van der Waals surface area contributed by atoms with Crippen LogP contribution in [-0.4, -0.2) is 54.8 Å². The van der Waals surface area contributed by atoms with Crippen LogP contribution < -0.4 is 0 Å². The third-order valence-corrected chi connectivity index (χ3v) is 7.92. The number of carbonyl (C=O) groups excluding carboxylic acids is 2. The number of ether oxygens (including phenoxy) is 2. The summed E-state index contributed by atoms with van der Waals surface area (Å²) in [6.07, 6.45) is 4.95. The van der Waals surface area contributed by atoms with Crippen molar-refractivity contribution in [1.82, 2.24) is 4.90 Å². The number of hydrogen-bond donors (Lipinski definition) is 1. The van der Waals surface area contributed by atoms with Crippen LogP contribution in [0.4, 0.5) is 0 Å². The van der Waals surface area contributed by atoms with Crippen LogP contribution in [0.1, 0.15) is 43.7 Å². The second-order valence-corrected chi connectivity index (χ2v) is 10.3. The van der Waals surface area contributed by atoms with E-state index in [1.165, 1.54) is 16.0 Å². The van der Waals surface area contributed by atoms with Gasteiger partial charge in [-0.3, -0.25) is 14.5 Å². The first-order valence-electron chi connectivity index (χ1n) is 13.2. The van der Waals surface area contributed by atoms with Crippen molar-refractivity contribution >= 4 is 23.5 Å². The first-order valence-corrected chi connectivity index (χ1v) is 13.2. The first kappa shape index (κ1) is 25.4. The van der Waals surface area contributed by atoms with Crippen LogP contribution in [0, 0.1) is 17.8 Å². The number of phenolic OH excluding ortho intramolecular Hbond substituents is 1. The van der Waals surface area contributed by atoms with E-state index in [0.29, 0.717) is 26.2 Å². The van der Waals surface area contributed by atoms with Crippen LogP contribution in [0.2, 0.25) is 0 Å². The highest BCUT2D eigenvalue weighted by molar-refractivity contribution is 6.06. The average Bonchev–Trinajstić information content (AvgIpc) is 3.43. The highest BCUT2D eigenvalue weighted by Crippen LogP contribution is 2.50. The third kappa shape index (κ3) is 5.00. The van der Waals surface area contributed by atoms with E-state index in [1.807, 2.05) is 37.3 Å². The SMILES string of the molecule is CCCN1C(=O)[C@@H]2[C@@H](CC(COC)=C3[C@@H](CC/C(=C/c4ccc(O)cc4)c4ccccc4)OC[C@@H]32)C1=O. The lowest BCUT2D eigenvalue weighted by Gasteiger charge is -2.31. The average molecular weight is 502 g/mol. The molecule has 2 amide bonds. The fourth-order valence-electron chi connectivity index (χ4n) is 6.30. The number of aromatic hydroxyl groups is 1. The molecule has 6 heteroatoms. The summed E-state index contributed by atoms with van der Waals surface area (Å²) < 4.78 is 11.9. The number of carbonyl (C=O) groups is 2. The number of allylic oxidation sites excluding steroid dienone is 1. The number of rotatable bonds is 9. The minimum atomic E-state index is -0.319. The van der Waals surface area contributed by atoms with Crippen molar-refractivity contribution < 1.29 is 24.2 Å². The summed E-state index contributed by atoms with van der Waals surface area (Å²) in [4.78, 5) is 27.9. The van der Waals surface area contributed by atoms with Gasteiger partial charge in [0.1, 0.15) is 5.75 Å². The Morgan fingerprint density at radius 3 is 2.54 bits per heavy atom. The van der Waals surface area contributed by atoms with Gasteiger partial charge in [-0.1, -0.05) is 55.5 Å². The van der Waals surface area contributed by atoms with E-state index in [0.717, 1.165) is 36.0 Å². The van der Waals surface area contributed by atoms with E-state index >= 15 is 0 Å². The molecule has 0 spiro atoms. The Kier molecular flexibility index (Phi) is 7.58. The largest absolute Gasteiger partial charge is 0.508 e. The molecule has 0 saturated carbocycles. The summed E-state index contributed by atoms with van der Waals surface area (Å²) in [6, 6.07) is 17.5. The summed E-state index contributed by atoms with van der Waals surface area (Å²) in [7, 11) is 1.68. The quantitative estimate of drug-likeness (QED) is 0.294. The zero-order valence-electron chi connectivity index (χ0n) is 21.6. The van der Waals surface area contributed by atoms with Gasteiger partial charge >= 0.3 is 0 Å². The summed E-state index contributed by atoms with van der Waals surface area (Å²) in [5, 5.41) is 9.68. The van der Waals surface area contributed by atoms with E-state index in [-0.39, 0.29) is 41.4 Å². The number of methoxy groups -OCH3 is 1. The van der Waals surface area contributed by atoms with Crippen LogP contribution in [0.25, 0.3) is 11.6 Å². The molecule has 2 aliphatic heterocycles. The predicted octanol–water partition coefficient (Wildman–Crippen LogP) is 5.09. The zero-order chi connectivity index (χ0) is 25.9. The predicted molar refractivity (Wildman–Crippen MR) is 142 cm³/mol. The topological polar surface area (TPSA) is 76.1 Å². The Hall–Kier alpha value is -3.22. The number of fused-ring (bicyclic) bond motifs is 3. The molecule has 0 aromatic heterocycles. The van der Waals surface area contributed by atoms with Crippen LogP contribution in [0.3, 0.4) is 0 Å². The molecule has 0 unspecified atom stereocenters. The Morgan fingerprint density at radius 1 is 1.08 bits per heavy atom. The minimum Gasteiger partial charge on any atom is -0.508 e. The lowest BCUT2D eigenvalue weighted by Crippen LogP contribution is -2.35. The van der Waals surface area contributed by atoms with Crippen molar-refractivity contribution in [2.75, 3.05) is 26.9 Å². The molecule has 0 bridgehead atoms. The molecule has 1 aliphatic carbocycles. The van der Waals surface area contributed by atoms with E-state index in [9.17, 15) is 14.7 Å².